The van der Waals surface area contributed by atoms with E-state index in [0.717, 1.165) is 17.2 Å². The second kappa shape index (κ2) is 9.45. The van der Waals surface area contributed by atoms with Gasteiger partial charge in [0.25, 0.3) is 5.91 Å². The van der Waals surface area contributed by atoms with Gasteiger partial charge in [0.2, 0.25) is 0 Å². The maximum Gasteiger partial charge on any atom is 0.344 e. The summed E-state index contributed by atoms with van der Waals surface area (Å²) in [7, 11) is 0. The van der Waals surface area contributed by atoms with Crippen molar-refractivity contribution in [3.63, 3.8) is 0 Å². The normalized spacial score (nSPS) is 11.9. The quantitative estimate of drug-likeness (QED) is 0.541. The Labute approximate surface area is 166 Å². The van der Waals surface area contributed by atoms with E-state index < -0.39 is 47.7 Å². The summed E-state index contributed by atoms with van der Waals surface area (Å²) in [5.74, 6) is -5.62. The lowest BCUT2D eigenvalue weighted by molar-refractivity contribution is -0.155. The van der Waals surface area contributed by atoms with Crippen molar-refractivity contribution in [1.29, 1.82) is 0 Å². The van der Waals surface area contributed by atoms with E-state index in [1.165, 1.54) is 6.92 Å². The molecule has 0 saturated heterocycles. The van der Waals surface area contributed by atoms with Crippen molar-refractivity contribution in [3.05, 3.63) is 58.9 Å². The van der Waals surface area contributed by atoms with Gasteiger partial charge in [0, 0.05) is 0 Å². The molecule has 0 spiro atoms. The summed E-state index contributed by atoms with van der Waals surface area (Å²) in [6, 6.07) is 7.18. The average molecular weight is 409 g/mol. The molecule has 2 rings (SSSR count). The predicted octanol–water partition coefficient (Wildman–Crippen LogP) is 4.48. The van der Waals surface area contributed by atoms with E-state index >= 15 is 0 Å². The summed E-state index contributed by atoms with van der Waals surface area (Å²) in [5.41, 5.74) is 1.32. The highest BCUT2D eigenvalue weighted by molar-refractivity contribution is 5.95. The number of halogens is 3. The molecule has 156 valence electrons. The van der Waals surface area contributed by atoms with Gasteiger partial charge in [0.05, 0.1) is 5.69 Å². The number of esters is 1. The molecule has 8 heteroatoms. The summed E-state index contributed by atoms with van der Waals surface area (Å²) >= 11 is 0. The number of anilines is 1. The first kappa shape index (κ1) is 22.3. The van der Waals surface area contributed by atoms with Gasteiger partial charge in [-0.2, -0.15) is 0 Å². The van der Waals surface area contributed by atoms with E-state index in [-0.39, 0.29) is 5.92 Å². The third-order valence-corrected chi connectivity index (χ3v) is 4.11. The third kappa shape index (κ3) is 5.73. The molecule has 0 bridgehead atoms. The standard InChI is InChI=1S/C21H22F3NO4/c1-11(2)14-6-5-12(3)9-17(14)28-10-18(26)29-13(4)21(27)25-16-8-7-15(22)19(23)20(16)24/h5-9,11,13H,10H2,1-4H3,(H,25,27)/t13-/m0/s1. The van der Waals surface area contributed by atoms with Gasteiger partial charge in [0.15, 0.2) is 30.2 Å². The fraction of sp³-hybridized carbons (Fsp3) is 0.333. The van der Waals surface area contributed by atoms with Crippen molar-refractivity contribution in [3.8, 4) is 5.75 Å². The molecule has 0 saturated carbocycles. The largest absolute Gasteiger partial charge is 0.482 e. The maximum atomic E-state index is 13.6. The number of aryl methyl sites for hydroxylation is 1. The highest BCUT2D eigenvalue weighted by atomic mass is 19.2. The Kier molecular flexibility index (Phi) is 7.25. The summed E-state index contributed by atoms with van der Waals surface area (Å²) < 4.78 is 50.3. The predicted molar refractivity (Wildman–Crippen MR) is 101 cm³/mol. The molecule has 0 heterocycles. The Morgan fingerprint density at radius 2 is 1.72 bits per heavy atom. The van der Waals surface area contributed by atoms with Gasteiger partial charge < -0.3 is 14.8 Å². The maximum absolute atomic E-state index is 13.6. The Morgan fingerprint density at radius 3 is 2.38 bits per heavy atom. The van der Waals surface area contributed by atoms with E-state index in [0.29, 0.717) is 11.8 Å². The van der Waals surface area contributed by atoms with Crippen LogP contribution >= 0.6 is 0 Å². The minimum atomic E-state index is -1.71. The minimum Gasteiger partial charge on any atom is -0.482 e. The number of amides is 1. The highest BCUT2D eigenvalue weighted by Gasteiger charge is 2.22. The van der Waals surface area contributed by atoms with Crippen LogP contribution in [0.5, 0.6) is 5.75 Å². The second-order valence-electron chi connectivity index (χ2n) is 6.83. The monoisotopic (exact) mass is 409 g/mol. The van der Waals surface area contributed by atoms with Gasteiger partial charge in [0.1, 0.15) is 5.75 Å². The molecular formula is C21H22F3NO4. The summed E-state index contributed by atoms with van der Waals surface area (Å²) in [6.45, 7) is 6.69. The van der Waals surface area contributed by atoms with Crippen LogP contribution in [0.3, 0.4) is 0 Å². The lowest BCUT2D eigenvalue weighted by atomic mass is 10.0. The molecule has 29 heavy (non-hydrogen) atoms. The third-order valence-electron chi connectivity index (χ3n) is 4.11. The van der Waals surface area contributed by atoms with Crippen LogP contribution in [0.15, 0.2) is 30.3 Å². The van der Waals surface area contributed by atoms with E-state index in [1.54, 1.807) is 6.07 Å². The molecule has 0 aliphatic carbocycles. The molecular weight excluding hydrogens is 387 g/mol. The van der Waals surface area contributed by atoms with Gasteiger partial charge in [-0.25, -0.2) is 18.0 Å². The SMILES string of the molecule is Cc1ccc(C(C)C)c(OCC(=O)O[C@@H](C)C(=O)Nc2ccc(F)c(F)c2F)c1. The Balaban J connectivity index is 1.95. The van der Waals surface area contributed by atoms with Crippen molar-refractivity contribution in [1.82, 2.24) is 0 Å². The van der Waals surface area contributed by atoms with Crippen LogP contribution in [0, 0.1) is 24.4 Å². The van der Waals surface area contributed by atoms with Gasteiger partial charge >= 0.3 is 5.97 Å². The molecule has 2 aromatic carbocycles. The Morgan fingerprint density at radius 1 is 1.03 bits per heavy atom. The average Bonchev–Trinajstić information content (AvgIpc) is 2.66. The zero-order valence-electron chi connectivity index (χ0n) is 16.5. The summed E-state index contributed by atoms with van der Waals surface area (Å²) in [4.78, 5) is 24.1. The first-order chi connectivity index (χ1) is 13.6. The van der Waals surface area contributed by atoms with Crippen molar-refractivity contribution >= 4 is 17.6 Å². The van der Waals surface area contributed by atoms with Crippen LogP contribution in [-0.2, 0) is 14.3 Å². The van der Waals surface area contributed by atoms with Crippen molar-refractivity contribution < 1.29 is 32.2 Å². The molecule has 5 nitrogen and oxygen atoms in total. The molecule has 0 aliphatic heterocycles. The molecule has 2 aromatic rings. The van der Waals surface area contributed by atoms with Crippen LogP contribution in [0.25, 0.3) is 0 Å². The first-order valence-corrected chi connectivity index (χ1v) is 8.97. The number of ether oxygens (including phenoxy) is 2. The number of rotatable bonds is 7. The Hall–Kier alpha value is -3.03. The molecule has 1 N–H and O–H groups in total. The zero-order chi connectivity index (χ0) is 21.7. The lowest BCUT2D eigenvalue weighted by Gasteiger charge is -2.16. The van der Waals surface area contributed by atoms with E-state index in [9.17, 15) is 22.8 Å². The number of carbonyl (C=O) groups is 2. The highest BCUT2D eigenvalue weighted by Crippen LogP contribution is 2.27. The van der Waals surface area contributed by atoms with E-state index in [1.807, 2.05) is 32.9 Å². The molecule has 0 radical (unpaired) electrons. The Bertz CT molecular complexity index is 915. The van der Waals surface area contributed by atoms with Crippen molar-refractivity contribution in [2.45, 2.75) is 39.7 Å². The van der Waals surface area contributed by atoms with Crippen molar-refractivity contribution in [2.24, 2.45) is 0 Å². The molecule has 1 amide bonds. The van der Waals surface area contributed by atoms with Gasteiger partial charge in [-0.3, -0.25) is 4.79 Å². The van der Waals surface area contributed by atoms with Crippen molar-refractivity contribution in [2.75, 3.05) is 11.9 Å². The lowest BCUT2D eigenvalue weighted by Crippen LogP contribution is -2.32. The zero-order valence-corrected chi connectivity index (χ0v) is 16.5. The van der Waals surface area contributed by atoms with Crippen LogP contribution in [-0.4, -0.2) is 24.6 Å². The number of nitrogens with one attached hydrogen (secondary N) is 1. The van der Waals surface area contributed by atoms with Crippen LogP contribution in [0.4, 0.5) is 18.9 Å². The fourth-order valence-corrected chi connectivity index (χ4v) is 2.52. The van der Waals surface area contributed by atoms with Crippen LogP contribution in [0.2, 0.25) is 0 Å². The summed E-state index contributed by atoms with van der Waals surface area (Å²) in [6.07, 6.45) is -1.30. The number of hydrogen-bond acceptors (Lipinski definition) is 4. The molecule has 1 atom stereocenters. The minimum absolute atomic E-state index is 0.178. The fourth-order valence-electron chi connectivity index (χ4n) is 2.52. The summed E-state index contributed by atoms with van der Waals surface area (Å²) in [5, 5.41) is 2.05. The van der Waals surface area contributed by atoms with Crippen LogP contribution in [0.1, 0.15) is 37.8 Å². The van der Waals surface area contributed by atoms with E-state index in [4.69, 9.17) is 9.47 Å². The molecule has 0 aromatic heterocycles. The second-order valence-corrected chi connectivity index (χ2v) is 6.83. The van der Waals surface area contributed by atoms with E-state index in [2.05, 4.69) is 5.32 Å². The number of benzene rings is 2. The number of hydrogen-bond donors (Lipinski definition) is 1. The first-order valence-electron chi connectivity index (χ1n) is 8.97. The smallest absolute Gasteiger partial charge is 0.344 e. The van der Waals surface area contributed by atoms with Gasteiger partial charge in [-0.1, -0.05) is 26.0 Å². The molecule has 0 fully saturated rings. The topological polar surface area (TPSA) is 64.6 Å². The van der Waals surface area contributed by atoms with Gasteiger partial charge in [-0.15, -0.1) is 0 Å². The number of carbonyl (C=O) groups excluding carboxylic acids is 2. The van der Waals surface area contributed by atoms with Crippen LogP contribution < -0.4 is 10.1 Å². The van der Waals surface area contributed by atoms with Gasteiger partial charge in [-0.05, 0) is 49.1 Å². The molecule has 0 aliphatic rings. The molecule has 0 unspecified atom stereocenters.